The molecule has 8 heteroatoms. The Kier molecular flexibility index (Phi) is 5.39. The smallest absolute Gasteiger partial charge is 0.329 e. The van der Waals surface area contributed by atoms with Crippen molar-refractivity contribution < 1.29 is 14.1 Å². The number of nitrogens with one attached hydrogen (secondary N) is 2. The lowest BCUT2D eigenvalue weighted by molar-refractivity contribution is -0.136. The molecule has 3 rings (SSSR count). The van der Waals surface area contributed by atoms with E-state index in [1.807, 2.05) is 56.5 Å². The highest BCUT2D eigenvalue weighted by molar-refractivity contribution is 6.39. The molecule has 2 amide bonds. The van der Waals surface area contributed by atoms with Crippen molar-refractivity contribution in [1.82, 2.24) is 15.1 Å². The SMILES string of the molecule is Cc1ccc(NC(=O)C(=O)N/N=C\c2cc(C)n(-c3cc(C)on3)c2C)cc1. The van der Waals surface area contributed by atoms with E-state index in [0.29, 0.717) is 17.3 Å². The van der Waals surface area contributed by atoms with E-state index < -0.39 is 11.8 Å². The molecule has 0 unspecified atom stereocenters. The number of hydrogen-bond donors (Lipinski definition) is 2. The number of aromatic nitrogens is 2. The van der Waals surface area contributed by atoms with E-state index in [9.17, 15) is 9.59 Å². The van der Waals surface area contributed by atoms with Crippen molar-refractivity contribution in [3.8, 4) is 5.82 Å². The fourth-order valence-corrected chi connectivity index (χ4v) is 2.77. The molecule has 0 aliphatic heterocycles. The molecule has 2 N–H and O–H groups in total. The van der Waals surface area contributed by atoms with Crippen molar-refractivity contribution in [2.75, 3.05) is 5.32 Å². The fourth-order valence-electron chi connectivity index (χ4n) is 2.77. The fraction of sp³-hybridized carbons (Fsp3) is 0.200. The van der Waals surface area contributed by atoms with E-state index in [1.54, 1.807) is 12.1 Å². The minimum absolute atomic E-state index is 0.543. The summed E-state index contributed by atoms with van der Waals surface area (Å²) < 4.78 is 7.05. The molecule has 0 atom stereocenters. The van der Waals surface area contributed by atoms with Gasteiger partial charge in [0.15, 0.2) is 5.82 Å². The zero-order chi connectivity index (χ0) is 20.3. The third kappa shape index (κ3) is 4.17. The van der Waals surface area contributed by atoms with Gasteiger partial charge in [0, 0.05) is 28.7 Å². The van der Waals surface area contributed by atoms with E-state index in [1.165, 1.54) is 6.21 Å². The van der Waals surface area contributed by atoms with Crippen LogP contribution in [0.15, 0.2) is 46.0 Å². The molecule has 8 nitrogen and oxygen atoms in total. The lowest BCUT2D eigenvalue weighted by Gasteiger charge is -2.04. The summed E-state index contributed by atoms with van der Waals surface area (Å²) in [6.07, 6.45) is 1.49. The van der Waals surface area contributed by atoms with Gasteiger partial charge in [-0.25, -0.2) is 5.43 Å². The van der Waals surface area contributed by atoms with E-state index in [-0.39, 0.29) is 0 Å². The number of rotatable bonds is 4. The molecule has 2 aromatic heterocycles. The number of carbonyl (C=O) groups excluding carboxylic acids is 2. The van der Waals surface area contributed by atoms with Crippen LogP contribution in [0, 0.1) is 27.7 Å². The number of hydrogen-bond acceptors (Lipinski definition) is 5. The summed E-state index contributed by atoms with van der Waals surface area (Å²) in [6, 6.07) is 10.9. The first-order valence-corrected chi connectivity index (χ1v) is 8.69. The van der Waals surface area contributed by atoms with Gasteiger partial charge >= 0.3 is 11.8 Å². The number of aryl methyl sites for hydroxylation is 3. The number of anilines is 1. The van der Waals surface area contributed by atoms with Crippen LogP contribution >= 0.6 is 0 Å². The van der Waals surface area contributed by atoms with Crippen LogP contribution in [0.25, 0.3) is 5.82 Å². The van der Waals surface area contributed by atoms with Crippen molar-refractivity contribution in [3.63, 3.8) is 0 Å². The van der Waals surface area contributed by atoms with Crippen LogP contribution in [-0.4, -0.2) is 27.8 Å². The summed E-state index contributed by atoms with van der Waals surface area (Å²) in [5.41, 5.74) is 6.45. The Hall–Kier alpha value is -3.68. The largest absolute Gasteiger partial charge is 0.360 e. The number of benzene rings is 1. The summed E-state index contributed by atoms with van der Waals surface area (Å²) >= 11 is 0. The topological polar surface area (TPSA) is 102 Å². The van der Waals surface area contributed by atoms with Crippen LogP contribution in [0.1, 0.15) is 28.3 Å². The highest BCUT2D eigenvalue weighted by Gasteiger charge is 2.14. The van der Waals surface area contributed by atoms with Crippen LogP contribution in [0.2, 0.25) is 0 Å². The lowest BCUT2D eigenvalue weighted by Crippen LogP contribution is -2.32. The normalized spacial score (nSPS) is 11.0. The lowest BCUT2D eigenvalue weighted by atomic mass is 10.2. The molecular weight excluding hydrogens is 358 g/mol. The predicted molar refractivity (Wildman–Crippen MR) is 106 cm³/mol. The van der Waals surface area contributed by atoms with Gasteiger partial charge in [0.05, 0.1) is 6.21 Å². The Morgan fingerprint density at radius 3 is 2.43 bits per heavy atom. The number of carbonyl (C=O) groups is 2. The molecule has 144 valence electrons. The highest BCUT2D eigenvalue weighted by atomic mass is 16.5. The molecule has 2 heterocycles. The Bertz CT molecular complexity index is 1040. The number of nitrogens with zero attached hydrogens (tertiary/aromatic N) is 3. The van der Waals surface area contributed by atoms with Gasteiger partial charge in [-0.15, -0.1) is 0 Å². The average Bonchev–Trinajstić information content (AvgIpc) is 3.19. The van der Waals surface area contributed by atoms with E-state index in [2.05, 4.69) is 21.0 Å². The second-order valence-electron chi connectivity index (χ2n) is 6.48. The highest BCUT2D eigenvalue weighted by Crippen LogP contribution is 2.19. The van der Waals surface area contributed by atoms with Crippen molar-refractivity contribution in [3.05, 3.63) is 64.7 Å². The molecule has 0 aliphatic carbocycles. The van der Waals surface area contributed by atoms with Gasteiger partial charge in [-0.2, -0.15) is 5.10 Å². The Balaban J connectivity index is 1.65. The third-order valence-corrected chi connectivity index (χ3v) is 4.20. The van der Waals surface area contributed by atoms with Crippen molar-refractivity contribution in [2.45, 2.75) is 27.7 Å². The van der Waals surface area contributed by atoms with E-state index >= 15 is 0 Å². The van der Waals surface area contributed by atoms with E-state index in [4.69, 9.17) is 4.52 Å². The average molecular weight is 379 g/mol. The first-order chi connectivity index (χ1) is 13.3. The summed E-state index contributed by atoms with van der Waals surface area (Å²) in [7, 11) is 0. The molecule has 0 aliphatic rings. The molecule has 0 radical (unpaired) electrons. The summed E-state index contributed by atoms with van der Waals surface area (Å²) in [6.45, 7) is 7.60. The maximum absolute atomic E-state index is 11.9. The van der Waals surface area contributed by atoms with E-state index in [0.717, 1.165) is 22.5 Å². The van der Waals surface area contributed by atoms with Gasteiger partial charge < -0.3 is 9.84 Å². The maximum atomic E-state index is 11.9. The van der Waals surface area contributed by atoms with Crippen LogP contribution in [0.5, 0.6) is 0 Å². The summed E-state index contributed by atoms with van der Waals surface area (Å²) in [4.78, 5) is 23.9. The summed E-state index contributed by atoms with van der Waals surface area (Å²) in [5, 5.41) is 10.4. The molecule has 3 aromatic rings. The molecule has 28 heavy (non-hydrogen) atoms. The third-order valence-electron chi connectivity index (χ3n) is 4.20. The standard InChI is InChI=1S/C20H21N5O3/c1-12-5-7-17(8-6-12)22-19(26)20(27)23-21-11-16-9-13(2)25(15(16)4)18-10-14(3)28-24-18/h5-11H,1-4H3,(H,22,26)(H,23,27)/b21-11-. The van der Waals surface area contributed by atoms with Crippen LogP contribution in [0.3, 0.4) is 0 Å². The van der Waals surface area contributed by atoms with Crippen LogP contribution < -0.4 is 10.7 Å². The van der Waals surface area contributed by atoms with Crippen LogP contribution in [0.4, 0.5) is 5.69 Å². The molecule has 1 aromatic carbocycles. The zero-order valence-electron chi connectivity index (χ0n) is 16.1. The minimum atomic E-state index is -0.849. The minimum Gasteiger partial charge on any atom is -0.360 e. The molecule has 0 spiro atoms. The predicted octanol–water partition coefficient (Wildman–Crippen LogP) is 2.79. The molecule has 0 fully saturated rings. The zero-order valence-corrected chi connectivity index (χ0v) is 16.1. The van der Waals surface area contributed by atoms with Gasteiger partial charge in [0.2, 0.25) is 0 Å². The van der Waals surface area contributed by atoms with Crippen molar-refractivity contribution >= 4 is 23.7 Å². The quantitative estimate of drug-likeness (QED) is 0.413. The van der Waals surface area contributed by atoms with Gasteiger partial charge in [0.1, 0.15) is 5.76 Å². The second-order valence-corrected chi connectivity index (χ2v) is 6.48. The first-order valence-electron chi connectivity index (χ1n) is 8.69. The van der Waals surface area contributed by atoms with Gasteiger partial charge in [-0.05, 0) is 45.9 Å². The van der Waals surface area contributed by atoms with Crippen LogP contribution in [-0.2, 0) is 9.59 Å². The van der Waals surface area contributed by atoms with Crippen molar-refractivity contribution in [2.24, 2.45) is 5.10 Å². The molecule has 0 saturated heterocycles. The summed E-state index contributed by atoms with van der Waals surface area (Å²) in [5.74, 6) is -0.250. The Morgan fingerprint density at radius 2 is 1.79 bits per heavy atom. The first kappa shape index (κ1) is 19.1. The maximum Gasteiger partial charge on any atom is 0.329 e. The molecule has 0 saturated carbocycles. The molecular formula is C20H21N5O3. The second kappa shape index (κ2) is 7.91. The molecule has 0 bridgehead atoms. The monoisotopic (exact) mass is 379 g/mol. The van der Waals surface area contributed by atoms with Gasteiger partial charge in [0.25, 0.3) is 0 Å². The number of hydrazone groups is 1. The van der Waals surface area contributed by atoms with Crippen molar-refractivity contribution in [1.29, 1.82) is 0 Å². The Morgan fingerprint density at radius 1 is 1.07 bits per heavy atom. The van der Waals surface area contributed by atoms with Gasteiger partial charge in [-0.1, -0.05) is 22.9 Å². The Labute approximate surface area is 162 Å². The van der Waals surface area contributed by atoms with Gasteiger partial charge in [-0.3, -0.25) is 14.2 Å². The number of amides is 2.